The number of H-pyrrole nitrogens is 1. The molecular weight excluding hydrogens is 242 g/mol. The average Bonchev–Trinajstić information content (AvgIpc) is 2.91. The second-order valence-electron chi connectivity index (χ2n) is 4.69. The van der Waals surface area contributed by atoms with E-state index in [2.05, 4.69) is 10.2 Å². The molecule has 0 saturated carbocycles. The number of para-hydroxylation sites is 1. The minimum Gasteiger partial charge on any atom is -0.506 e. The van der Waals surface area contributed by atoms with Gasteiger partial charge in [0.05, 0.1) is 12.1 Å². The van der Waals surface area contributed by atoms with Crippen molar-refractivity contribution in [2.45, 2.75) is 19.3 Å². The highest BCUT2D eigenvalue weighted by atomic mass is 16.3. The van der Waals surface area contributed by atoms with Gasteiger partial charge in [0.25, 0.3) is 0 Å². The zero-order valence-corrected chi connectivity index (χ0v) is 10.5. The van der Waals surface area contributed by atoms with Crippen molar-refractivity contribution < 1.29 is 9.90 Å². The van der Waals surface area contributed by atoms with Gasteiger partial charge in [-0.3, -0.25) is 9.89 Å². The van der Waals surface area contributed by atoms with Crippen molar-refractivity contribution in [3.8, 4) is 5.75 Å². The fourth-order valence-electron chi connectivity index (χ4n) is 2.52. The molecule has 1 aromatic carbocycles. The molecule has 19 heavy (non-hydrogen) atoms. The fraction of sp³-hybridized carbons (Fsp3) is 0.286. The Labute approximate surface area is 110 Å². The van der Waals surface area contributed by atoms with Gasteiger partial charge >= 0.3 is 0 Å². The van der Waals surface area contributed by atoms with Crippen LogP contribution in [0.3, 0.4) is 0 Å². The summed E-state index contributed by atoms with van der Waals surface area (Å²) < 4.78 is 0. The minimum absolute atomic E-state index is 0.0216. The molecule has 0 radical (unpaired) electrons. The van der Waals surface area contributed by atoms with Crippen LogP contribution in [0.4, 0.5) is 5.69 Å². The number of rotatable bonds is 2. The maximum atomic E-state index is 12.3. The van der Waals surface area contributed by atoms with Gasteiger partial charge < -0.3 is 10.0 Å². The van der Waals surface area contributed by atoms with E-state index in [1.165, 1.54) is 0 Å². The number of nitrogens with zero attached hydrogens (tertiary/aromatic N) is 2. The number of phenols is 1. The van der Waals surface area contributed by atoms with Gasteiger partial charge in [-0.15, -0.1) is 0 Å². The molecule has 0 spiro atoms. The molecule has 1 aliphatic rings. The highest BCUT2D eigenvalue weighted by Crippen LogP contribution is 2.35. The SMILES string of the molecule is O=C(Cc1ccn[nH]1)N1CCCc2cccc(O)c21. The number of aromatic hydroxyl groups is 1. The molecule has 0 saturated heterocycles. The summed E-state index contributed by atoms with van der Waals surface area (Å²) in [4.78, 5) is 14.0. The smallest absolute Gasteiger partial charge is 0.233 e. The first kappa shape index (κ1) is 11.8. The number of anilines is 1. The lowest BCUT2D eigenvalue weighted by Crippen LogP contribution is -2.36. The molecule has 1 amide bonds. The summed E-state index contributed by atoms with van der Waals surface area (Å²) in [6.07, 6.45) is 3.72. The number of benzene rings is 1. The summed E-state index contributed by atoms with van der Waals surface area (Å²) in [6.45, 7) is 0.650. The number of nitrogens with one attached hydrogen (secondary N) is 1. The summed E-state index contributed by atoms with van der Waals surface area (Å²) in [5.41, 5.74) is 2.48. The van der Waals surface area contributed by atoms with Gasteiger partial charge in [-0.1, -0.05) is 12.1 Å². The summed E-state index contributed by atoms with van der Waals surface area (Å²) in [5, 5.41) is 16.6. The van der Waals surface area contributed by atoms with Gasteiger partial charge in [-0.05, 0) is 30.5 Å². The minimum atomic E-state index is -0.0216. The number of hydrogen-bond acceptors (Lipinski definition) is 3. The van der Waals surface area contributed by atoms with Crippen LogP contribution in [0.15, 0.2) is 30.5 Å². The molecule has 2 N–H and O–H groups in total. The number of amides is 1. The van der Waals surface area contributed by atoms with E-state index in [0.717, 1.165) is 24.1 Å². The lowest BCUT2D eigenvalue weighted by molar-refractivity contribution is -0.118. The normalized spacial score (nSPS) is 14.2. The highest BCUT2D eigenvalue weighted by Gasteiger charge is 2.25. The van der Waals surface area contributed by atoms with Crippen molar-refractivity contribution in [2.75, 3.05) is 11.4 Å². The monoisotopic (exact) mass is 257 g/mol. The van der Waals surface area contributed by atoms with Crippen LogP contribution in [0.25, 0.3) is 0 Å². The van der Waals surface area contributed by atoms with Crippen molar-refractivity contribution in [3.05, 3.63) is 41.7 Å². The van der Waals surface area contributed by atoms with E-state index in [-0.39, 0.29) is 18.1 Å². The molecule has 98 valence electrons. The van der Waals surface area contributed by atoms with Crippen LogP contribution in [0.2, 0.25) is 0 Å². The van der Waals surface area contributed by atoms with E-state index < -0.39 is 0 Å². The third-order valence-corrected chi connectivity index (χ3v) is 3.40. The first-order chi connectivity index (χ1) is 9.25. The predicted molar refractivity (Wildman–Crippen MR) is 71.1 cm³/mol. The molecule has 0 unspecified atom stereocenters. The molecule has 1 aromatic heterocycles. The standard InChI is InChI=1S/C14H15N3O2/c18-12-5-1-3-10-4-2-8-17(14(10)12)13(19)9-11-6-7-15-16-11/h1,3,5-7,18H,2,4,8-9H2,(H,15,16). The van der Waals surface area contributed by atoms with E-state index in [0.29, 0.717) is 12.2 Å². The Bertz CT molecular complexity index is 593. The van der Waals surface area contributed by atoms with Crippen LogP contribution < -0.4 is 4.90 Å². The first-order valence-electron chi connectivity index (χ1n) is 6.35. The average molecular weight is 257 g/mol. The molecule has 0 fully saturated rings. The lowest BCUT2D eigenvalue weighted by atomic mass is 10.0. The maximum Gasteiger partial charge on any atom is 0.233 e. The largest absolute Gasteiger partial charge is 0.506 e. The molecule has 2 heterocycles. The number of carbonyl (C=O) groups is 1. The summed E-state index contributed by atoms with van der Waals surface area (Å²) in [7, 11) is 0. The topological polar surface area (TPSA) is 69.2 Å². The Morgan fingerprint density at radius 3 is 3.11 bits per heavy atom. The van der Waals surface area contributed by atoms with Crippen LogP contribution in [0, 0.1) is 0 Å². The molecule has 1 aliphatic heterocycles. The molecular formula is C14H15N3O2. The summed E-state index contributed by atoms with van der Waals surface area (Å²) in [6, 6.07) is 7.19. The Morgan fingerprint density at radius 1 is 1.42 bits per heavy atom. The zero-order valence-electron chi connectivity index (χ0n) is 10.5. The van der Waals surface area contributed by atoms with Crippen molar-refractivity contribution in [2.24, 2.45) is 0 Å². The number of aromatic nitrogens is 2. The molecule has 0 aliphatic carbocycles. The number of phenolic OH excluding ortho intramolecular Hbond substituents is 1. The van der Waals surface area contributed by atoms with E-state index >= 15 is 0 Å². The fourth-order valence-corrected chi connectivity index (χ4v) is 2.52. The molecule has 5 nitrogen and oxygen atoms in total. The Balaban J connectivity index is 1.89. The maximum absolute atomic E-state index is 12.3. The van der Waals surface area contributed by atoms with E-state index in [1.807, 2.05) is 12.1 Å². The molecule has 2 aromatic rings. The Morgan fingerprint density at radius 2 is 2.32 bits per heavy atom. The van der Waals surface area contributed by atoms with Crippen molar-refractivity contribution in [1.82, 2.24) is 10.2 Å². The van der Waals surface area contributed by atoms with Gasteiger partial charge in [0.2, 0.25) is 5.91 Å². The molecule has 0 bridgehead atoms. The Kier molecular flexibility index (Phi) is 2.95. The van der Waals surface area contributed by atoms with Crippen LogP contribution in [0.1, 0.15) is 17.7 Å². The summed E-state index contributed by atoms with van der Waals surface area (Å²) in [5.74, 6) is 0.155. The Hall–Kier alpha value is -2.30. The van der Waals surface area contributed by atoms with E-state index in [4.69, 9.17) is 0 Å². The van der Waals surface area contributed by atoms with Gasteiger partial charge in [-0.25, -0.2) is 0 Å². The van der Waals surface area contributed by atoms with E-state index in [9.17, 15) is 9.90 Å². The third kappa shape index (κ3) is 2.19. The van der Waals surface area contributed by atoms with Crippen LogP contribution in [-0.2, 0) is 17.6 Å². The van der Waals surface area contributed by atoms with Crippen molar-refractivity contribution >= 4 is 11.6 Å². The van der Waals surface area contributed by atoms with Gasteiger partial charge in [-0.2, -0.15) is 5.10 Å². The molecule has 5 heteroatoms. The second kappa shape index (κ2) is 4.76. The van der Waals surface area contributed by atoms with Crippen LogP contribution >= 0.6 is 0 Å². The first-order valence-corrected chi connectivity index (χ1v) is 6.35. The predicted octanol–water partition coefficient (Wildman–Crippen LogP) is 1.64. The van der Waals surface area contributed by atoms with Crippen LogP contribution in [-0.4, -0.2) is 27.8 Å². The summed E-state index contributed by atoms with van der Waals surface area (Å²) >= 11 is 0. The third-order valence-electron chi connectivity index (χ3n) is 3.40. The van der Waals surface area contributed by atoms with Gasteiger partial charge in [0.1, 0.15) is 5.75 Å². The van der Waals surface area contributed by atoms with Gasteiger partial charge in [0, 0.05) is 18.4 Å². The number of aromatic amines is 1. The second-order valence-corrected chi connectivity index (χ2v) is 4.69. The lowest BCUT2D eigenvalue weighted by Gasteiger charge is -2.30. The molecule has 3 rings (SSSR count). The van der Waals surface area contributed by atoms with Crippen LogP contribution in [0.5, 0.6) is 5.75 Å². The van der Waals surface area contributed by atoms with Crippen molar-refractivity contribution in [3.63, 3.8) is 0 Å². The number of fused-ring (bicyclic) bond motifs is 1. The molecule has 0 atom stereocenters. The number of aryl methyl sites for hydroxylation is 1. The number of hydrogen-bond donors (Lipinski definition) is 2. The highest BCUT2D eigenvalue weighted by molar-refractivity contribution is 5.97. The van der Waals surface area contributed by atoms with Crippen molar-refractivity contribution in [1.29, 1.82) is 0 Å². The zero-order chi connectivity index (χ0) is 13.2. The quantitative estimate of drug-likeness (QED) is 0.859. The van der Waals surface area contributed by atoms with E-state index in [1.54, 1.807) is 23.2 Å². The van der Waals surface area contributed by atoms with Gasteiger partial charge in [0.15, 0.2) is 0 Å². The number of carbonyl (C=O) groups excluding carboxylic acids is 1.